The van der Waals surface area contributed by atoms with Gasteiger partial charge in [-0.05, 0) is 43.9 Å². The molecule has 4 rings (SSSR count). The average Bonchev–Trinajstić information content (AvgIpc) is 2.60. The van der Waals surface area contributed by atoms with Crippen LogP contribution in [0.25, 0.3) is 38.4 Å². The second-order valence-corrected chi connectivity index (χ2v) is 5.75. The highest BCUT2D eigenvalue weighted by molar-refractivity contribution is 6.57. The summed E-state index contributed by atoms with van der Waals surface area (Å²) in [6, 6.07) is 22.0. The lowest BCUT2D eigenvalue weighted by molar-refractivity contribution is 1.76. The largest absolute Gasteiger partial charge is 0.155 e. The van der Waals surface area contributed by atoms with Crippen molar-refractivity contribution in [2.75, 3.05) is 0 Å². The van der Waals surface area contributed by atoms with Crippen LogP contribution in [0.15, 0.2) is 67.2 Å². The van der Waals surface area contributed by atoms with Crippen LogP contribution in [0.1, 0.15) is 5.56 Å². The van der Waals surface area contributed by atoms with Gasteiger partial charge in [-0.3, -0.25) is 0 Å². The Labute approximate surface area is 131 Å². The van der Waals surface area contributed by atoms with E-state index in [0.29, 0.717) is 0 Å². The van der Waals surface area contributed by atoms with Gasteiger partial charge in [0.25, 0.3) is 0 Å². The zero-order chi connectivity index (χ0) is 15.1. The number of fused-ring (bicyclic) bond motifs is 5. The Morgan fingerprint density at radius 2 is 1.27 bits per heavy atom. The van der Waals surface area contributed by atoms with E-state index in [1.807, 2.05) is 6.08 Å². The minimum Gasteiger partial charge on any atom is -0.0984 e. The third-order valence-corrected chi connectivity index (χ3v) is 4.60. The molecule has 0 N–H and O–H groups in total. The Hall–Kier alpha value is -2.54. The molecule has 0 heterocycles. The number of benzene rings is 4. The van der Waals surface area contributed by atoms with Gasteiger partial charge in [-0.2, -0.15) is 0 Å². The molecule has 0 aliphatic rings. The Morgan fingerprint density at radius 3 is 1.91 bits per heavy atom. The van der Waals surface area contributed by atoms with Crippen molar-refractivity contribution in [3.63, 3.8) is 0 Å². The Morgan fingerprint density at radius 1 is 0.727 bits per heavy atom. The topological polar surface area (TPSA) is 0 Å². The van der Waals surface area contributed by atoms with E-state index in [1.165, 1.54) is 43.3 Å². The van der Waals surface area contributed by atoms with Crippen molar-refractivity contribution >= 4 is 51.1 Å². The molecule has 0 aliphatic heterocycles. The summed E-state index contributed by atoms with van der Waals surface area (Å²) in [7, 11) is 1.05. The fourth-order valence-electron chi connectivity index (χ4n) is 3.52. The van der Waals surface area contributed by atoms with Crippen molar-refractivity contribution < 1.29 is 0 Å². The van der Waals surface area contributed by atoms with Crippen LogP contribution in [0.5, 0.6) is 0 Å². The molecule has 0 saturated heterocycles. The van der Waals surface area contributed by atoms with E-state index in [0.717, 1.165) is 7.28 Å². The van der Waals surface area contributed by atoms with E-state index in [1.54, 1.807) is 0 Å². The number of hydrogen-bond donors (Lipinski definition) is 0. The Kier molecular flexibility index (Phi) is 3.01. The van der Waals surface area contributed by atoms with Crippen molar-refractivity contribution in [2.24, 2.45) is 0 Å². The van der Waals surface area contributed by atoms with E-state index in [4.69, 9.17) is 0 Å². The molecule has 4 aromatic rings. The van der Waals surface area contributed by atoms with Gasteiger partial charge in [0.2, 0.25) is 0 Å². The van der Waals surface area contributed by atoms with Crippen LogP contribution in [0.4, 0.5) is 0 Å². The molecule has 0 aromatic heterocycles. The molecule has 0 amide bonds. The zero-order valence-electron chi connectivity index (χ0n) is 12.8. The third-order valence-electron chi connectivity index (χ3n) is 4.60. The molecule has 0 radical (unpaired) electrons. The summed E-state index contributed by atoms with van der Waals surface area (Å²) in [6.45, 7) is 6.23. The van der Waals surface area contributed by atoms with E-state index in [9.17, 15) is 0 Å². The van der Waals surface area contributed by atoms with E-state index < -0.39 is 0 Å². The lowest BCUT2D eigenvalue weighted by atomic mass is 9.70. The summed E-state index contributed by atoms with van der Waals surface area (Å²) >= 11 is 0. The van der Waals surface area contributed by atoms with Crippen LogP contribution in [0.3, 0.4) is 0 Å². The summed E-state index contributed by atoms with van der Waals surface area (Å²) in [5, 5.41) is 7.96. The average molecular weight is 280 g/mol. The van der Waals surface area contributed by atoms with Crippen LogP contribution in [0, 0.1) is 0 Å². The van der Waals surface area contributed by atoms with Crippen LogP contribution in [0.2, 0.25) is 6.82 Å². The van der Waals surface area contributed by atoms with Gasteiger partial charge in [-0.15, -0.1) is 0 Å². The van der Waals surface area contributed by atoms with Gasteiger partial charge < -0.3 is 0 Å². The number of rotatable bonds is 2. The van der Waals surface area contributed by atoms with Gasteiger partial charge in [0.05, 0.1) is 0 Å². The zero-order valence-corrected chi connectivity index (χ0v) is 12.8. The maximum absolute atomic E-state index is 4.00. The molecule has 0 atom stereocenters. The molecule has 1 heteroatoms. The molecule has 22 heavy (non-hydrogen) atoms. The van der Waals surface area contributed by atoms with Crippen molar-refractivity contribution in [2.45, 2.75) is 6.82 Å². The monoisotopic (exact) mass is 280 g/mol. The van der Waals surface area contributed by atoms with Gasteiger partial charge in [0.1, 0.15) is 0 Å². The summed E-state index contributed by atoms with van der Waals surface area (Å²) in [5.41, 5.74) is 2.62. The fraction of sp³-hybridized carbons (Fsp3) is 0.0476. The Bertz CT molecular complexity index is 1030. The smallest absolute Gasteiger partial charge is 0.0984 e. The minimum absolute atomic E-state index is 1.05. The molecule has 0 fully saturated rings. The fourth-order valence-corrected chi connectivity index (χ4v) is 3.52. The molecular formula is C21H17B. The Balaban J connectivity index is 2.33. The van der Waals surface area contributed by atoms with Gasteiger partial charge in [-0.25, -0.2) is 0 Å². The summed E-state index contributed by atoms with van der Waals surface area (Å²) < 4.78 is 0. The lowest BCUT2D eigenvalue weighted by Gasteiger charge is -2.13. The van der Waals surface area contributed by atoms with E-state index in [2.05, 4.69) is 74.1 Å². The highest BCUT2D eigenvalue weighted by Crippen LogP contribution is 2.33. The number of hydrogen-bond acceptors (Lipinski definition) is 0. The molecule has 0 unspecified atom stereocenters. The van der Waals surface area contributed by atoms with Crippen molar-refractivity contribution in [1.29, 1.82) is 0 Å². The highest BCUT2D eigenvalue weighted by Gasteiger charge is 2.10. The van der Waals surface area contributed by atoms with Crippen molar-refractivity contribution in [3.05, 3.63) is 72.8 Å². The third kappa shape index (κ3) is 1.79. The van der Waals surface area contributed by atoms with E-state index >= 15 is 0 Å². The first-order valence-corrected chi connectivity index (χ1v) is 7.82. The normalized spacial score (nSPS) is 11.1. The predicted octanol–water partition coefficient (Wildman–Crippen LogP) is 4.90. The highest BCUT2D eigenvalue weighted by atomic mass is 14.1. The molecule has 4 aromatic carbocycles. The van der Waals surface area contributed by atoms with Crippen LogP contribution < -0.4 is 5.46 Å². The first-order valence-electron chi connectivity index (χ1n) is 7.82. The predicted molar refractivity (Wildman–Crippen MR) is 102 cm³/mol. The summed E-state index contributed by atoms with van der Waals surface area (Å²) in [4.78, 5) is 0. The maximum Gasteiger partial charge on any atom is 0.155 e. The lowest BCUT2D eigenvalue weighted by Crippen LogP contribution is -2.11. The molecule has 0 saturated carbocycles. The second-order valence-electron chi connectivity index (χ2n) is 5.75. The standard InChI is InChI=1S/C21H17B/c1-3-14-12-19-17-10-6-7-11-18(17)21(22-2)13-20(19)16-9-5-4-8-15(14)16/h3-13,22H,1H2,2H3. The first-order chi connectivity index (χ1) is 10.8. The summed E-state index contributed by atoms with van der Waals surface area (Å²) in [5.74, 6) is 0. The molecule has 104 valence electrons. The van der Waals surface area contributed by atoms with Gasteiger partial charge in [0.15, 0.2) is 7.28 Å². The van der Waals surface area contributed by atoms with Crippen molar-refractivity contribution in [1.82, 2.24) is 0 Å². The first kappa shape index (κ1) is 13.2. The quantitative estimate of drug-likeness (QED) is 0.362. The van der Waals surface area contributed by atoms with Crippen LogP contribution in [-0.2, 0) is 0 Å². The molecule has 0 aliphatic carbocycles. The molecule has 0 bridgehead atoms. The van der Waals surface area contributed by atoms with Gasteiger partial charge in [0, 0.05) is 0 Å². The summed E-state index contributed by atoms with van der Waals surface area (Å²) in [6.07, 6.45) is 1.96. The maximum atomic E-state index is 4.00. The van der Waals surface area contributed by atoms with Gasteiger partial charge in [-0.1, -0.05) is 79.5 Å². The SMILES string of the molecule is C=Cc1cc2c3ccccc3c(BC)cc2c2ccccc12. The molecular weight excluding hydrogens is 263 g/mol. The second kappa shape index (κ2) is 5.03. The van der Waals surface area contributed by atoms with Crippen molar-refractivity contribution in [3.8, 4) is 0 Å². The van der Waals surface area contributed by atoms with Crippen LogP contribution in [-0.4, -0.2) is 7.28 Å². The van der Waals surface area contributed by atoms with Crippen LogP contribution >= 0.6 is 0 Å². The van der Waals surface area contributed by atoms with E-state index in [-0.39, 0.29) is 0 Å². The minimum atomic E-state index is 1.05. The molecule has 0 nitrogen and oxygen atoms in total. The molecule has 0 spiro atoms. The van der Waals surface area contributed by atoms with Gasteiger partial charge >= 0.3 is 0 Å².